The molecule has 1 amide bonds. The van der Waals surface area contributed by atoms with Crippen LogP contribution in [0.3, 0.4) is 0 Å². The minimum absolute atomic E-state index is 0.0674. The van der Waals surface area contributed by atoms with Gasteiger partial charge < -0.3 is 14.8 Å². The van der Waals surface area contributed by atoms with Crippen molar-refractivity contribution < 1.29 is 22.7 Å². The van der Waals surface area contributed by atoms with Crippen LogP contribution in [-0.4, -0.2) is 28.5 Å². The van der Waals surface area contributed by atoms with E-state index in [-0.39, 0.29) is 21.3 Å². The van der Waals surface area contributed by atoms with Gasteiger partial charge in [-0.15, -0.1) is 0 Å². The molecule has 166 valence electrons. The lowest BCUT2D eigenvalue weighted by atomic mass is 10.2. The number of anilines is 2. The van der Waals surface area contributed by atoms with Gasteiger partial charge in [-0.1, -0.05) is 35.9 Å². The molecule has 0 radical (unpaired) electrons. The van der Waals surface area contributed by atoms with E-state index < -0.39 is 15.9 Å². The Morgan fingerprint density at radius 2 is 1.66 bits per heavy atom. The van der Waals surface area contributed by atoms with E-state index in [1.54, 1.807) is 61.7 Å². The quantitative estimate of drug-likeness (QED) is 0.459. The van der Waals surface area contributed by atoms with Crippen LogP contribution in [0.1, 0.15) is 5.56 Å². The smallest absolute Gasteiger partial charge is 0.262 e. The summed E-state index contributed by atoms with van der Waals surface area (Å²) in [6.45, 7) is 0. The van der Waals surface area contributed by atoms with Crippen molar-refractivity contribution in [1.29, 1.82) is 0 Å². The fourth-order valence-electron chi connectivity index (χ4n) is 2.76. The molecule has 0 aliphatic heterocycles. The third-order valence-electron chi connectivity index (χ3n) is 4.40. The molecule has 0 aliphatic carbocycles. The summed E-state index contributed by atoms with van der Waals surface area (Å²) in [7, 11) is -0.934. The normalized spacial score (nSPS) is 11.2. The number of hydrogen-bond donors (Lipinski definition) is 2. The van der Waals surface area contributed by atoms with Crippen molar-refractivity contribution in [2.24, 2.45) is 0 Å². The summed E-state index contributed by atoms with van der Waals surface area (Å²) < 4.78 is 38.4. The predicted molar refractivity (Wildman–Crippen MR) is 126 cm³/mol. The number of para-hydroxylation sites is 2. The molecule has 9 heteroatoms. The Morgan fingerprint density at radius 1 is 0.938 bits per heavy atom. The van der Waals surface area contributed by atoms with Crippen molar-refractivity contribution in [3.8, 4) is 11.5 Å². The number of ether oxygens (including phenoxy) is 2. The van der Waals surface area contributed by atoms with Crippen LogP contribution in [0.4, 0.5) is 11.4 Å². The van der Waals surface area contributed by atoms with Crippen molar-refractivity contribution >= 4 is 45.0 Å². The topological polar surface area (TPSA) is 93.7 Å². The lowest BCUT2D eigenvalue weighted by Gasteiger charge is -2.13. The Balaban J connectivity index is 1.77. The average Bonchev–Trinajstić information content (AvgIpc) is 2.79. The van der Waals surface area contributed by atoms with Crippen LogP contribution < -0.4 is 19.5 Å². The maximum atomic E-state index is 12.8. The summed E-state index contributed by atoms with van der Waals surface area (Å²) in [5.74, 6) is 0.621. The van der Waals surface area contributed by atoms with Gasteiger partial charge in [-0.3, -0.25) is 9.52 Å². The Hall–Kier alpha value is -3.49. The number of sulfonamides is 1. The van der Waals surface area contributed by atoms with Crippen molar-refractivity contribution in [3.63, 3.8) is 0 Å². The van der Waals surface area contributed by atoms with Crippen LogP contribution in [0.25, 0.3) is 6.08 Å². The van der Waals surface area contributed by atoms with Gasteiger partial charge in [0.2, 0.25) is 5.91 Å². The molecule has 2 N–H and O–H groups in total. The van der Waals surface area contributed by atoms with E-state index in [0.29, 0.717) is 11.5 Å². The third kappa shape index (κ3) is 5.81. The second-order valence-corrected chi connectivity index (χ2v) is 8.63. The number of benzene rings is 3. The molecule has 3 aromatic carbocycles. The number of methoxy groups -OCH3 is 2. The maximum Gasteiger partial charge on any atom is 0.262 e. The van der Waals surface area contributed by atoms with Gasteiger partial charge in [0, 0.05) is 6.08 Å². The summed E-state index contributed by atoms with van der Waals surface area (Å²) in [4.78, 5) is 12.3. The predicted octanol–water partition coefficient (Wildman–Crippen LogP) is 4.81. The van der Waals surface area contributed by atoms with Crippen molar-refractivity contribution in [2.75, 3.05) is 24.3 Å². The van der Waals surface area contributed by atoms with E-state index in [1.165, 1.54) is 31.4 Å². The van der Waals surface area contributed by atoms with Crippen molar-refractivity contribution in [3.05, 3.63) is 83.4 Å². The first-order chi connectivity index (χ1) is 15.3. The highest BCUT2D eigenvalue weighted by Crippen LogP contribution is 2.29. The molecule has 32 heavy (non-hydrogen) atoms. The van der Waals surface area contributed by atoms with E-state index in [2.05, 4.69) is 10.0 Å². The Morgan fingerprint density at radius 3 is 2.34 bits per heavy atom. The zero-order chi connectivity index (χ0) is 23.1. The number of amides is 1. The minimum atomic E-state index is -3.95. The second-order valence-electron chi connectivity index (χ2n) is 6.54. The molecular weight excluding hydrogens is 452 g/mol. The average molecular weight is 473 g/mol. The Bertz CT molecular complexity index is 1240. The largest absolute Gasteiger partial charge is 0.497 e. The fourth-order valence-corrected chi connectivity index (χ4v) is 4.02. The molecule has 0 saturated heterocycles. The molecule has 0 unspecified atom stereocenters. The minimum Gasteiger partial charge on any atom is -0.497 e. The first-order valence-electron chi connectivity index (χ1n) is 9.41. The van der Waals surface area contributed by atoms with Crippen LogP contribution in [0.5, 0.6) is 11.5 Å². The SMILES string of the molecule is COc1ccc(C=CC(=O)Nc2cc(S(=O)(=O)Nc3ccccc3OC)ccc2Cl)cc1. The monoisotopic (exact) mass is 472 g/mol. The van der Waals surface area contributed by atoms with Gasteiger partial charge in [0.15, 0.2) is 0 Å². The van der Waals surface area contributed by atoms with Gasteiger partial charge in [-0.25, -0.2) is 8.42 Å². The summed E-state index contributed by atoms with van der Waals surface area (Å²) in [5.41, 5.74) is 1.25. The summed E-state index contributed by atoms with van der Waals surface area (Å²) in [5, 5.41) is 2.80. The van der Waals surface area contributed by atoms with Gasteiger partial charge in [-0.2, -0.15) is 0 Å². The molecule has 0 fully saturated rings. The zero-order valence-electron chi connectivity index (χ0n) is 17.3. The number of nitrogens with one attached hydrogen (secondary N) is 2. The van der Waals surface area contributed by atoms with Crippen molar-refractivity contribution in [2.45, 2.75) is 4.90 Å². The van der Waals surface area contributed by atoms with E-state index in [0.717, 1.165) is 5.56 Å². The van der Waals surface area contributed by atoms with E-state index >= 15 is 0 Å². The fraction of sp³-hybridized carbons (Fsp3) is 0.0870. The van der Waals surface area contributed by atoms with E-state index in [4.69, 9.17) is 21.1 Å². The molecule has 0 saturated carbocycles. The number of hydrogen-bond acceptors (Lipinski definition) is 5. The van der Waals surface area contributed by atoms with Crippen molar-refractivity contribution in [1.82, 2.24) is 0 Å². The standard InChI is InChI=1S/C23H21ClN2O5S/c1-30-17-10-7-16(8-11-17)9-14-23(27)25-21-15-18(12-13-19(21)24)32(28,29)26-20-5-3-4-6-22(20)31-2/h3-15,26H,1-2H3,(H,25,27). The van der Waals surface area contributed by atoms with Crippen LogP contribution in [0.15, 0.2) is 77.7 Å². The first-order valence-corrected chi connectivity index (χ1v) is 11.3. The van der Waals surface area contributed by atoms with Crippen LogP contribution in [-0.2, 0) is 14.8 Å². The lowest BCUT2D eigenvalue weighted by Crippen LogP contribution is -2.15. The number of rotatable bonds is 8. The lowest BCUT2D eigenvalue weighted by molar-refractivity contribution is -0.111. The Labute approximate surface area is 191 Å². The molecule has 7 nitrogen and oxygen atoms in total. The van der Waals surface area contributed by atoms with Gasteiger partial charge in [0.1, 0.15) is 11.5 Å². The van der Waals surface area contributed by atoms with Gasteiger partial charge in [-0.05, 0) is 54.1 Å². The summed E-state index contributed by atoms with van der Waals surface area (Å²) in [6, 6.07) is 17.8. The van der Waals surface area contributed by atoms with Gasteiger partial charge >= 0.3 is 0 Å². The Kier molecular flexibility index (Phi) is 7.40. The van der Waals surface area contributed by atoms with Crippen LogP contribution >= 0.6 is 11.6 Å². The third-order valence-corrected chi connectivity index (χ3v) is 6.09. The zero-order valence-corrected chi connectivity index (χ0v) is 18.9. The summed E-state index contributed by atoms with van der Waals surface area (Å²) >= 11 is 6.16. The molecule has 0 heterocycles. The molecule has 3 rings (SSSR count). The van der Waals surface area contributed by atoms with E-state index in [1.807, 2.05) is 0 Å². The van der Waals surface area contributed by atoms with Crippen LogP contribution in [0, 0.1) is 0 Å². The highest BCUT2D eigenvalue weighted by molar-refractivity contribution is 7.92. The van der Waals surface area contributed by atoms with Gasteiger partial charge in [0.25, 0.3) is 10.0 Å². The number of carbonyl (C=O) groups excluding carboxylic acids is 1. The maximum absolute atomic E-state index is 12.8. The molecule has 0 spiro atoms. The summed E-state index contributed by atoms with van der Waals surface area (Å²) in [6.07, 6.45) is 2.94. The van der Waals surface area contributed by atoms with Gasteiger partial charge in [0.05, 0.1) is 35.5 Å². The molecule has 0 aromatic heterocycles. The molecule has 3 aromatic rings. The molecule has 0 aliphatic rings. The molecular formula is C23H21ClN2O5S. The number of halogens is 1. The highest BCUT2D eigenvalue weighted by atomic mass is 35.5. The molecule has 0 bridgehead atoms. The highest BCUT2D eigenvalue weighted by Gasteiger charge is 2.18. The second kappa shape index (κ2) is 10.2. The molecule has 0 atom stereocenters. The van der Waals surface area contributed by atoms with E-state index in [9.17, 15) is 13.2 Å². The first kappa shape index (κ1) is 23.2. The van der Waals surface area contributed by atoms with Crippen LogP contribution in [0.2, 0.25) is 5.02 Å². The number of carbonyl (C=O) groups is 1.